The van der Waals surface area contributed by atoms with E-state index in [1.165, 1.54) is 15.0 Å². The van der Waals surface area contributed by atoms with Crippen molar-refractivity contribution < 1.29 is 4.74 Å². The zero-order valence-electron chi connectivity index (χ0n) is 12.2. The van der Waals surface area contributed by atoms with E-state index in [1.807, 2.05) is 11.6 Å². The van der Waals surface area contributed by atoms with Gasteiger partial charge in [0, 0.05) is 36.1 Å². The maximum absolute atomic E-state index is 5.09. The highest BCUT2D eigenvalue weighted by molar-refractivity contribution is 9.10. The van der Waals surface area contributed by atoms with Gasteiger partial charge in [-0.15, -0.1) is 11.3 Å². The van der Waals surface area contributed by atoms with Crippen LogP contribution >= 0.6 is 27.3 Å². The van der Waals surface area contributed by atoms with Gasteiger partial charge in [-0.2, -0.15) is 0 Å². The third kappa shape index (κ3) is 5.87. The molecule has 0 aliphatic rings. The number of rotatable bonds is 9. The molecule has 0 aliphatic heterocycles. The molecule has 0 spiro atoms. The van der Waals surface area contributed by atoms with Crippen LogP contribution in [0.2, 0.25) is 0 Å². The number of nitrogens with one attached hydrogen (secondary N) is 1. The van der Waals surface area contributed by atoms with Crippen molar-refractivity contribution in [1.29, 1.82) is 0 Å². The monoisotopic (exact) mass is 368 g/mol. The van der Waals surface area contributed by atoms with Crippen LogP contribution in [0.4, 0.5) is 0 Å². The van der Waals surface area contributed by atoms with E-state index in [1.54, 1.807) is 18.4 Å². The zero-order valence-corrected chi connectivity index (χ0v) is 14.6. The molecule has 0 amide bonds. The Kier molecular flexibility index (Phi) is 7.36. The van der Waals surface area contributed by atoms with Crippen molar-refractivity contribution in [2.24, 2.45) is 5.92 Å². The number of ether oxygens (including phenoxy) is 1. The van der Waals surface area contributed by atoms with Crippen LogP contribution < -0.4 is 5.32 Å². The second-order valence-electron chi connectivity index (χ2n) is 4.99. The van der Waals surface area contributed by atoms with Crippen LogP contribution in [0.25, 0.3) is 0 Å². The van der Waals surface area contributed by atoms with Gasteiger partial charge < -0.3 is 10.1 Å². The molecule has 1 atom stereocenters. The summed E-state index contributed by atoms with van der Waals surface area (Å²) in [7, 11) is 1.73. The number of hydrogen-bond donors (Lipinski definition) is 1. The van der Waals surface area contributed by atoms with Crippen molar-refractivity contribution in [1.82, 2.24) is 10.3 Å². The Morgan fingerprint density at radius 3 is 2.90 bits per heavy atom. The number of thiazole rings is 1. The highest BCUT2D eigenvalue weighted by Gasteiger charge is 2.13. The summed E-state index contributed by atoms with van der Waals surface area (Å²) in [5, 5.41) is 6.73. The van der Waals surface area contributed by atoms with Gasteiger partial charge in [0.25, 0.3) is 0 Å². The van der Waals surface area contributed by atoms with Gasteiger partial charge in [0.05, 0.1) is 11.6 Å². The highest BCUT2D eigenvalue weighted by atomic mass is 79.9. The molecule has 3 nitrogen and oxygen atoms in total. The summed E-state index contributed by atoms with van der Waals surface area (Å²) in [5.41, 5.74) is 1.35. The van der Waals surface area contributed by atoms with Crippen molar-refractivity contribution in [3.8, 4) is 0 Å². The van der Waals surface area contributed by atoms with Gasteiger partial charge in [0.15, 0.2) is 0 Å². The highest BCUT2D eigenvalue weighted by Crippen LogP contribution is 2.22. The number of methoxy groups -OCH3 is 1. The predicted molar refractivity (Wildman–Crippen MR) is 91.9 cm³/mol. The number of nitrogens with zero attached hydrogens (tertiary/aromatic N) is 1. The molecule has 1 N–H and O–H groups in total. The van der Waals surface area contributed by atoms with Gasteiger partial charge in [-0.3, -0.25) is 0 Å². The number of aromatic nitrogens is 1. The molecule has 2 aromatic rings. The van der Waals surface area contributed by atoms with Gasteiger partial charge in [-0.25, -0.2) is 4.98 Å². The summed E-state index contributed by atoms with van der Waals surface area (Å²) < 4.78 is 6.27. The first-order valence-corrected chi connectivity index (χ1v) is 8.78. The minimum atomic E-state index is 0.534. The van der Waals surface area contributed by atoms with E-state index < -0.39 is 0 Å². The van der Waals surface area contributed by atoms with E-state index in [2.05, 4.69) is 50.5 Å². The lowest BCUT2D eigenvalue weighted by Gasteiger charge is -2.17. The molecule has 1 aromatic heterocycles. The molecule has 0 saturated carbocycles. The first-order valence-electron chi connectivity index (χ1n) is 7.11. The van der Waals surface area contributed by atoms with E-state index in [0.717, 1.165) is 32.5 Å². The molecular formula is C16H21BrN2OS. The maximum Gasteiger partial charge on any atom is 0.0928 e. The number of hydrogen-bond acceptors (Lipinski definition) is 4. The Balaban J connectivity index is 1.95. The van der Waals surface area contributed by atoms with Crippen LogP contribution in [-0.4, -0.2) is 31.8 Å². The fourth-order valence-electron chi connectivity index (χ4n) is 2.27. The Hall–Kier alpha value is -0.750. The van der Waals surface area contributed by atoms with E-state index in [9.17, 15) is 0 Å². The van der Waals surface area contributed by atoms with Gasteiger partial charge in [-0.1, -0.05) is 34.1 Å². The lowest BCUT2D eigenvalue weighted by atomic mass is 9.96. The molecule has 21 heavy (non-hydrogen) atoms. The van der Waals surface area contributed by atoms with Crippen LogP contribution in [0, 0.1) is 5.92 Å². The summed E-state index contributed by atoms with van der Waals surface area (Å²) in [6, 6.07) is 8.45. The Morgan fingerprint density at radius 1 is 1.33 bits per heavy atom. The average molecular weight is 369 g/mol. The van der Waals surface area contributed by atoms with Crippen molar-refractivity contribution in [3.05, 3.63) is 50.9 Å². The molecule has 0 fully saturated rings. The minimum absolute atomic E-state index is 0.534. The van der Waals surface area contributed by atoms with E-state index in [-0.39, 0.29) is 0 Å². The zero-order chi connectivity index (χ0) is 14.9. The fourth-order valence-corrected chi connectivity index (χ4v) is 3.45. The summed E-state index contributed by atoms with van der Waals surface area (Å²) in [6.07, 6.45) is 3.94. The van der Waals surface area contributed by atoms with Crippen LogP contribution in [0.3, 0.4) is 0 Å². The Labute approximate surface area is 138 Å². The molecule has 114 valence electrons. The van der Waals surface area contributed by atoms with E-state index in [0.29, 0.717) is 5.92 Å². The molecule has 5 heteroatoms. The van der Waals surface area contributed by atoms with Crippen molar-refractivity contribution >= 4 is 27.3 Å². The van der Waals surface area contributed by atoms with Crippen molar-refractivity contribution in [2.75, 3.05) is 26.8 Å². The lowest BCUT2D eigenvalue weighted by Crippen LogP contribution is -2.28. The molecule has 0 radical (unpaired) electrons. The van der Waals surface area contributed by atoms with Crippen LogP contribution in [0.15, 0.2) is 40.3 Å². The minimum Gasteiger partial charge on any atom is -0.383 e. The summed E-state index contributed by atoms with van der Waals surface area (Å²) in [5.74, 6) is 0.534. The van der Waals surface area contributed by atoms with E-state index >= 15 is 0 Å². The second kappa shape index (κ2) is 9.30. The molecular weight excluding hydrogens is 348 g/mol. The maximum atomic E-state index is 5.09. The average Bonchev–Trinajstić information content (AvgIpc) is 2.99. The third-order valence-corrected chi connectivity index (χ3v) is 4.90. The first-order chi connectivity index (χ1) is 10.3. The first kappa shape index (κ1) is 16.6. The Morgan fingerprint density at radius 2 is 2.19 bits per heavy atom. The van der Waals surface area contributed by atoms with Gasteiger partial charge in [0.2, 0.25) is 0 Å². The lowest BCUT2D eigenvalue weighted by molar-refractivity contribution is 0.197. The topological polar surface area (TPSA) is 34.1 Å². The SMILES string of the molecule is COCCNCC(Cc1nccs1)Cc1ccccc1Br. The number of halogens is 1. The normalized spacial score (nSPS) is 12.5. The van der Waals surface area contributed by atoms with Crippen molar-refractivity contribution in [3.63, 3.8) is 0 Å². The van der Waals surface area contributed by atoms with Gasteiger partial charge in [0.1, 0.15) is 0 Å². The van der Waals surface area contributed by atoms with Crippen LogP contribution in [-0.2, 0) is 17.6 Å². The number of benzene rings is 1. The molecule has 0 aliphatic carbocycles. The molecule has 0 bridgehead atoms. The van der Waals surface area contributed by atoms with Crippen LogP contribution in [0.1, 0.15) is 10.6 Å². The molecule has 0 saturated heterocycles. The standard InChI is InChI=1S/C16H21BrN2OS/c1-20-8-6-18-12-13(11-16-19-7-9-21-16)10-14-4-2-3-5-15(14)17/h2-5,7,9,13,18H,6,8,10-12H2,1H3. The van der Waals surface area contributed by atoms with Gasteiger partial charge in [-0.05, 0) is 30.5 Å². The quantitative estimate of drug-likeness (QED) is 0.687. The Bertz CT molecular complexity index is 519. The molecule has 1 unspecified atom stereocenters. The third-order valence-electron chi connectivity index (χ3n) is 3.33. The molecule has 1 aromatic carbocycles. The summed E-state index contributed by atoms with van der Waals surface area (Å²) in [4.78, 5) is 4.42. The molecule has 1 heterocycles. The second-order valence-corrected chi connectivity index (χ2v) is 6.82. The summed E-state index contributed by atoms with van der Waals surface area (Å²) in [6.45, 7) is 2.62. The van der Waals surface area contributed by atoms with Gasteiger partial charge >= 0.3 is 0 Å². The summed E-state index contributed by atoms with van der Waals surface area (Å²) >= 11 is 5.38. The predicted octanol–water partition coefficient (Wildman–Crippen LogP) is 3.54. The van der Waals surface area contributed by atoms with Crippen molar-refractivity contribution in [2.45, 2.75) is 12.8 Å². The fraction of sp³-hybridized carbons (Fsp3) is 0.438. The molecule has 2 rings (SSSR count). The van der Waals surface area contributed by atoms with Crippen LogP contribution in [0.5, 0.6) is 0 Å². The largest absolute Gasteiger partial charge is 0.383 e. The smallest absolute Gasteiger partial charge is 0.0928 e. The van der Waals surface area contributed by atoms with E-state index in [4.69, 9.17) is 4.74 Å².